The summed E-state index contributed by atoms with van der Waals surface area (Å²) in [4.78, 5) is 12.2. The first-order valence-corrected chi connectivity index (χ1v) is 8.94. The Balaban J connectivity index is 1.77. The number of methoxy groups -OCH3 is 1. The van der Waals surface area contributed by atoms with Crippen LogP contribution < -0.4 is 10.1 Å². The van der Waals surface area contributed by atoms with Crippen LogP contribution in [0.25, 0.3) is 0 Å². The molecule has 24 heavy (non-hydrogen) atoms. The summed E-state index contributed by atoms with van der Waals surface area (Å²) in [6.45, 7) is 2.19. The fourth-order valence-electron chi connectivity index (χ4n) is 3.21. The minimum absolute atomic E-state index is 0.0349. The van der Waals surface area contributed by atoms with Gasteiger partial charge in [-0.05, 0) is 55.7 Å². The van der Waals surface area contributed by atoms with Crippen molar-refractivity contribution in [2.24, 2.45) is 5.92 Å². The fraction of sp³-hybridized carbons (Fsp3) is 0.550. The monoisotopic (exact) mass is 331 g/mol. The highest BCUT2D eigenvalue weighted by Gasteiger charge is 2.21. The van der Waals surface area contributed by atoms with Crippen molar-refractivity contribution in [3.8, 4) is 11.5 Å². The van der Waals surface area contributed by atoms with E-state index < -0.39 is 0 Å². The number of carbonyl (C=O) groups is 1. The highest BCUT2D eigenvalue weighted by atomic mass is 16.5. The van der Waals surface area contributed by atoms with Crippen molar-refractivity contribution >= 4 is 5.91 Å². The highest BCUT2D eigenvalue weighted by molar-refractivity contribution is 5.79. The normalized spacial score (nSPS) is 20.9. The number of carbonyl (C=O) groups excluding carboxylic acids is 1. The molecule has 0 unspecified atom stereocenters. The van der Waals surface area contributed by atoms with Crippen LogP contribution in [0, 0.1) is 5.92 Å². The average Bonchev–Trinajstić information content (AvgIpc) is 2.58. The summed E-state index contributed by atoms with van der Waals surface area (Å²) in [5.41, 5.74) is 0.846. The molecule has 2 N–H and O–H groups in total. The fourth-order valence-corrected chi connectivity index (χ4v) is 3.21. The number of nitrogens with one attached hydrogen (secondary N) is 1. The van der Waals surface area contributed by atoms with Crippen LogP contribution in [-0.2, 0) is 11.2 Å². The zero-order chi connectivity index (χ0) is 17.4. The van der Waals surface area contributed by atoms with Gasteiger partial charge in [-0.15, -0.1) is 0 Å². The van der Waals surface area contributed by atoms with Crippen molar-refractivity contribution in [2.45, 2.75) is 57.9 Å². The Labute approximate surface area is 144 Å². The Morgan fingerprint density at radius 3 is 2.75 bits per heavy atom. The molecule has 0 heterocycles. The second kappa shape index (κ2) is 9.36. The lowest BCUT2D eigenvalue weighted by molar-refractivity contribution is -0.121. The number of phenols is 1. The van der Waals surface area contributed by atoms with Gasteiger partial charge >= 0.3 is 0 Å². The minimum atomic E-state index is 0.0349. The third kappa shape index (κ3) is 5.59. The Hall–Kier alpha value is -1.97. The highest BCUT2D eigenvalue weighted by Crippen LogP contribution is 2.27. The third-order valence-electron chi connectivity index (χ3n) is 4.61. The van der Waals surface area contributed by atoms with Crippen LogP contribution >= 0.6 is 0 Å². The molecule has 1 fully saturated rings. The Morgan fingerprint density at radius 1 is 1.33 bits per heavy atom. The predicted octanol–water partition coefficient (Wildman–Crippen LogP) is 3.97. The lowest BCUT2D eigenvalue weighted by Crippen LogP contribution is -2.38. The average molecular weight is 331 g/mol. The van der Waals surface area contributed by atoms with E-state index in [-0.39, 0.29) is 17.7 Å². The third-order valence-corrected chi connectivity index (χ3v) is 4.61. The first-order chi connectivity index (χ1) is 11.6. The lowest BCUT2D eigenvalue weighted by Gasteiger charge is -2.27. The first kappa shape index (κ1) is 18.4. The molecule has 2 rings (SSSR count). The van der Waals surface area contributed by atoms with Crippen molar-refractivity contribution in [2.75, 3.05) is 7.11 Å². The maximum Gasteiger partial charge on any atom is 0.224 e. The summed E-state index contributed by atoms with van der Waals surface area (Å²) in [6.07, 6.45) is 11.7. The topological polar surface area (TPSA) is 58.6 Å². The number of unbranched alkanes of at least 4 members (excludes halogenated alkanes) is 1. The van der Waals surface area contributed by atoms with E-state index in [0.29, 0.717) is 18.1 Å². The van der Waals surface area contributed by atoms with Crippen molar-refractivity contribution in [3.05, 3.63) is 35.9 Å². The molecule has 0 atom stereocenters. The number of aromatic hydroxyl groups is 1. The van der Waals surface area contributed by atoms with E-state index in [9.17, 15) is 9.90 Å². The number of rotatable bonds is 7. The lowest BCUT2D eigenvalue weighted by atomic mass is 9.85. The van der Waals surface area contributed by atoms with Crippen LogP contribution in [0.4, 0.5) is 0 Å². The summed E-state index contributed by atoms with van der Waals surface area (Å²) in [5.74, 6) is 1.20. The SMILES string of the molecule is CCC/C=C\[C@H]1CC[C@H](NC(=O)Cc2ccc(O)c(OC)c2)CC1. The molecule has 1 amide bonds. The van der Waals surface area contributed by atoms with E-state index in [1.165, 1.54) is 13.5 Å². The molecule has 4 nitrogen and oxygen atoms in total. The molecule has 0 bridgehead atoms. The standard InChI is InChI=1S/C20H29NO3/c1-3-4-5-6-15-7-10-17(11-8-15)21-20(23)14-16-9-12-18(22)19(13-16)24-2/h5-6,9,12-13,15,17,22H,3-4,7-8,10-11,14H2,1-2H3,(H,21,23)/b6-5-/t15-,17-. The number of hydrogen-bond donors (Lipinski definition) is 2. The van der Waals surface area contributed by atoms with Crippen molar-refractivity contribution < 1.29 is 14.6 Å². The van der Waals surface area contributed by atoms with Gasteiger partial charge in [-0.1, -0.05) is 31.6 Å². The second-order valence-electron chi connectivity index (χ2n) is 6.58. The van der Waals surface area contributed by atoms with Crippen molar-refractivity contribution in [1.29, 1.82) is 0 Å². The van der Waals surface area contributed by atoms with Gasteiger partial charge in [0.15, 0.2) is 11.5 Å². The van der Waals surface area contributed by atoms with Crippen LogP contribution in [0.15, 0.2) is 30.4 Å². The Morgan fingerprint density at radius 2 is 2.08 bits per heavy atom. The maximum absolute atomic E-state index is 12.2. The van der Waals surface area contributed by atoms with Crippen LogP contribution in [0.5, 0.6) is 11.5 Å². The smallest absolute Gasteiger partial charge is 0.224 e. The number of benzene rings is 1. The molecule has 4 heteroatoms. The van der Waals surface area contributed by atoms with Gasteiger partial charge < -0.3 is 15.2 Å². The molecule has 1 aromatic rings. The molecule has 1 aromatic carbocycles. The maximum atomic E-state index is 12.2. The number of amides is 1. The van der Waals surface area contributed by atoms with Gasteiger partial charge in [-0.2, -0.15) is 0 Å². The van der Waals surface area contributed by atoms with E-state index >= 15 is 0 Å². The quantitative estimate of drug-likeness (QED) is 0.743. The van der Waals surface area contributed by atoms with Gasteiger partial charge in [0.2, 0.25) is 5.91 Å². The second-order valence-corrected chi connectivity index (χ2v) is 6.58. The van der Waals surface area contributed by atoms with Gasteiger partial charge in [0.1, 0.15) is 0 Å². The molecule has 0 spiro atoms. The van der Waals surface area contributed by atoms with E-state index in [1.54, 1.807) is 18.2 Å². The zero-order valence-electron chi connectivity index (χ0n) is 14.8. The van der Waals surface area contributed by atoms with Crippen molar-refractivity contribution in [3.63, 3.8) is 0 Å². The van der Waals surface area contributed by atoms with E-state index in [1.807, 2.05) is 0 Å². The van der Waals surface area contributed by atoms with Crippen LogP contribution in [0.2, 0.25) is 0 Å². The van der Waals surface area contributed by atoms with Gasteiger partial charge in [-0.3, -0.25) is 4.79 Å². The van der Waals surface area contributed by atoms with Gasteiger partial charge in [-0.25, -0.2) is 0 Å². The molecular weight excluding hydrogens is 302 g/mol. The van der Waals surface area contributed by atoms with Gasteiger partial charge in [0.05, 0.1) is 13.5 Å². The summed E-state index contributed by atoms with van der Waals surface area (Å²) < 4.78 is 5.08. The summed E-state index contributed by atoms with van der Waals surface area (Å²) in [7, 11) is 1.51. The summed E-state index contributed by atoms with van der Waals surface area (Å²) in [6, 6.07) is 5.32. The molecule has 0 aliphatic heterocycles. The molecule has 0 saturated heterocycles. The molecule has 1 aliphatic carbocycles. The Bertz CT molecular complexity index is 560. The molecule has 0 radical (unpaired) electrons. The number of hydrogen-bond acceptors (Lipinski definition) is 3. The first-order valence-electron chi connectivity index (χ1n) is 8.94. The number of phenolic OH excluding ortho intramolecular Hbond substituents is 1. The summed E-state index contributed by atoms with van der Waals surface area (Å²) >= 11 is 0. The summed E-state index contributed by atoms with van der Waals surface area (Å²) in [5, 5.41) is 12.7. The van der Waals surface area contributed by atoms with E-state index in [0.717, 1.165) is 37.7 Å². The predicted molar refractivity (Wildman–Crippen MR) is 96.3 cm³/mol. The van der Waals surface area contributed by atoms with Gasteiger partial charge in [0, 0.05) is 6.04 Å². The van der Waals surface area contributed by atoms with Crippen LogP contribution in [0.3, 0.4) is 0 Å². The molecule has 0 aromatic heterocycles. The van der Waals surface area contributed by atoms with Crippen molar-refractivity contribution in [1.82, 2.24) is 5.32 Å². The Kier molecular flexibility index (Phi) is 7.16. The van der Waals surface area contributed by atoms with E-state index in [4.69, 9.17) is 4.74 Å². The largest absolute Gasteiger partial charge is 0.504 e. The molecule has 132 valence electrons. The van der Waals surface area contributed by atoms with Crippen LogP contribution in [-0.4, -0.2) is 24.2 Å². The molecular formula is C20H29NO3. The number of allylic oxidation sites excluding steroid dienone is 2. The number of ether oxygens (including phenoxy) is 1. The minimum Gasteiger partial charge on any atom is -0.504 e. The van der Waals surface area contributed by atoms with E-state index in [2.05, 4.69) is 24.4 Å². The molecule has 1 aliphatic rings. The zero-order valence-corrected chi connectivity index (χ0v) is 14.8. The molecule has 1 saturated carbocycles. The van der Waals surface area contributed by atoms with Gasteiger partial charge in [0.25, 0.3) is 0 Å². The van der Waals surface area contributed by atoms with Crippen LogP contribution in [0.1, 0.15) is 51.0 Å².